The second-order valence-electron chi connectivity index (χ2n) is 3.98. The lowest BCUT2D eigenvalue weighted by Gasteiger charge is -2.15. The number of hydrogen-bond acceptors (Lipinski definition) is 5. The Morgan fingerprint density at radius 1 is 1.67 bits per heavy atom. The van der Waals surface area contributed by atoms with E-state index >= 15 is 0 Å². The van der Waals surface area contributed by atoms with Gasteiger partial charge in [-0.15, -0.1) is 0 Å². The molecule has 1 amide bonds. The van der Waals surface area contributed by atoms with E-state index in [1.807, 2.05) is 0 Å². The number of pyridine rings is 1. The lowest BCUT2D eigenvalue weighted by atomic mass is 10.2. The van der Waals surface area contributed by atoms with Crippen LogP contribution in [0.25, 0.3) is 0 Å². The van der Waals surface area contributed by atoms with Crippen molar-refractivity contribution in [3.8, 4) is 0 Å². The number of halogens is 1. The number of nitrogens with zero attached hydrogens (tertiary/aromatic N) is 3. The number of hydrogen-bond donors (Lipinski definition) is 1. The normalized spacial score (nSPS) is 19.0. The van der Waals surface area contributed by atoms with Gasteiger partial charge in [0, 0.05) is 19.2 Å². The second kappa shape index (κ2) is 4.87. The summed E-state index contributed by atoms with van der Waals surface area (Å²) < 4.78 is 0. The van der Waals surface area contributed by atoms with Crippen LogP contribution < -0.4 is 0 Å². The van der Waals surface area contributed by atoms with Crippen LogP contribution >= 0.6 is 11.6 Å². The highest BCUT2D eigenvalue weighted by atomic mass is 35.5. The van der Waals surface area contributed by atoms with Crippen molar-refractivity contribution in [2.24, 2.45) is 0 Å². The summed E-state index contributed by atoms with van der Waals surface area (Å²) in [6.45, 7) is 0.608. The fourth-order valence-corrected chi connectivity index (χ4v) is 1.97. The third-order valence-electron chi connectivity index (χ3n) is 2.72. The summed E-state index contributed by atoms with van der Waals surface area (Å²) in [6.07, 6.45) is 0.934. The van der Waals surface area contributed by atoms with Crippen LogP contribution in [0.3, 0.4) is 0 Å². The molecule has 1 aliphatic heterocycles. The third kappa shape index (κ3) is 2.41. The van der Waals surface area contributed by atoms with E-state index in [1.165, 1.54) is 4.90 Å². The van der Waals surface area contributed by atoms with Crippen molar-refractivity contribution in [3.05, 3.63) is 33.1 Å². The van der Waals surface area contributed by atoms with Crippen molar-refractivity contribution >= 4 is 23.2 Å². The molecule has 8 heteroatoms. The van der Waals surface area contributed by atoms with Crippen molar-refractivity contribution in [2.45, 2.75) is 12.5 Å². The highest BCUT2D eigenvalue weighted by Crippen LogP contribution is 2.22. The molecule has 7 nitrogen and oxygen atoms in total. The van der Waals surface area contributed by atoms with Crippen LogP contribution in [0.15, 0.2) is 12.3 Å². The predicted octanol–water partition coefficient (Wildman–Crippen LogP) is 0.850. The molecule has 0 saturated carbocycles. The molecule has 2 rings (SSSR count). The summed E-state index contributed by atoms with van der Waals surface area (Å²) in [5.74, 6) is -0.451. The molecule has 1 fully saturated rings. The average molecular weight is 272 g/mol. The Kier molecular flexibility index (Phi) is 3.44. The quantitative estimate of drug-likeness (QED) is 0.489. The monoisotopic (exact) mass is 271 g/mol. The number of rotatable bonds is 2. The van der Waals surface area contributed by atoms with Gasteiger partial charge in [0.2, 0.25) is 0 Å². The number of carbonyl (C=O) groups excluding carboxylic acids is 1. The number of aliphatic hydroxyl groups is 1. The summed E-state index contributed by atoms with van der Waals surface area (Å²) in [6, 6.07) is 1.10. The molecule has 1 aliphatic rings. The average Bonchev–Trinajstić information content (AvgIpc) is 2.75. The maximum atomic E-state index is 12.1. The number of β-amino-alcohol motifs (C(OH)–C–C–N with tert-alkyl or cyclic N) is 1. The van der Waals surface area contributed by atoms with Gasteiger partial charge in [-0.25, -0.2) is 4.98 Å². The summed E-state index contributed by atoms with van der Waals surface area (Å²) in [5.41, 5.74) is -0.303. The highest BCUT2D eigenvalue weighted by molar-refractivity contribution is 6.32. The largest absolute Gasteiger partial charge is 0.391 e. The summed E-state index contributed by atoms with van der Waals surface area (Å²) in [5, 5.41) is 19.9. The Labute approximate surface area is 107 Å². The molecule has 1 N–H and O–H groups in total. The second-order valence-corrected chi connectivity index (χ2v) is 4.34. The van der Waals surface area contributed by atoms with Crippen LogP contribution in [0.4, 0.5) is 5.69 Å². The van der Waals surface area contributed by atoms with Gasteiger partial charge in [0.05, 0.1) is 16.6 Å². The molecule has 18 heavy (non-hydrogen) atoms. The minimum Gasteiger partial charge on any atom is -0.391 e. The Morgan fingerprint density at radius 2 is 2.39 bits per heavy atom. The highest BCUT2D eigenvalue weighted by Gasteiger charge is 2.28. The molecule has 0 bridgehead atoms. The van der Waals surface area contributed by atoms with Gasteiger partial charge in [-0.2, -0.15) is 0 Å². The van der Waals surface area contributed by atoms with E-state index < -0.39 is 16.9 Å². The van der Waals surface area contributed by atoms with Crippen LogP contribution in [0.2, 0.25) is 5.15 Å². The van der Waals surface area contributed by atoms with E-state index in [9.17, 15) is 20.0 Å². The Bertz CT molecular complexity index is 508. The molecule has 0 spiro atoms. The minimum atomic E-state index is -0.640. The smallest absolute Gasteiger partial charge is 0.288 e. The van der Waals surface area contributed by atoms with Crippen molar-refractivity contribution in [1.82, 2.24) is 9.88 Å². The molecule has 0 aromatic carbocycles. The first-order chi connectivity index (χ1) is 8.49. The van der Waals surface area contributed by atoms with Gasteiger partial charge in [0.25, 0.3) is 11.6 Å². The lowest BCUT2D eigenvalue weighted by Crippen LogP contribution is -2.30. The van der Waals surface area contributed by atoms with Gasteiger partial charge in [-0.05, 0) is 6.42 Å². The number of carbonyl (C=O) groups is 1. The molecule has 0 radical (unpaired) electrons. The first-order valence-electron chi connectivity index (χ1n) is 5.26. The van der Waals surface area contributed by atoms with Crippen molar-refractivity contribution in [3.63, 3.8) is 0 Å². The first kappa shape index (κ1) is 12.7. The van der Waals surface area contributed by atoms with Gasteiger partial charge in [-0.3, -0.25) is 14.9 Å². The molecule has 1 saturated heterocycles. The van der Waals surface area contributed by atoms with Gasteiger partial charge >= 0.3 is 0 Å². The number of likely N-dealkylation sites (tertiary alicyclic amines) is 1. The molecule has 1 aromatic heterocycles. The molecule has 1 atom stereocenters. The number of aromatic nitrogens is 1. The van der Waals surface area contributed by atoms with Crippen LogP contribution in [0.5, 0.6) is 0 Å². The summed E-state index contributed by atoms with van der Waals surface area (Å²) in [7, 11) is 0. The Hall–Kier alpha value is -1.73. The van der Waals surface area contributed by atoms with Crippen LogP contribution in [-0.2, 0) is 0 Å². The fraction of sp³-hybridized carbons (Fsp3) is 0.400. The van der Waals surface area contributed by atoms with Gasteiger partial charge in [0.15, 0.2) is 0 Å². The zero-order valence-electron chi connectivity index (χ0n) is 9.24. The number of aliphatic hydroxyl groups excluding tert-OH is 1. The van der Waals surface area contributed by atoms with Crippen LogP contribution in [0, 0.1) is 10.1 Å². The van der Waals surface area contributed by atoms with E-state index in [1.54, 1.807) is 0 Å². The van der Waals surface area contributed by atoms with E-state index in [4.69, 9.17) is 11.6 Å². The van der Waals surface area contributed by atoms with E-state index in [0.29, 0.717) is 13.0 Å². The molecular weight excluding hydrogens is 262 g/mol. The van der Waals surface area contributed by atoms with Crippen molar-refractivity contribution in [1.29, 1.82) is 0 Å². The van der Waals surface area contributed by atoms with Crippen molar-refractivity contribution < 1.29 is 14.8 Å². The Balaban J connectivity index is 2.29. The molecule has 2 heterocycles. The minimum absolute atomic E-state index is 0.0139. The first-order valence-corrected chi connectivity index (χ1v) is 5.64. The van der Waals surface area contributed by atoms with Gasteiger partial charge < -0.3 is 10.0 Å². The van der Waals surface area contributed by atoms with E-state index in [-0.39, 0.29) is 22.9 Å². The number of amides is 1. The fourth-order valence-electron chi connectivity index (χ4n) is 1.78. The van der Waals surface area contributed by atoms with E-state index in [2.05, 4.69) is 4.98 Å². The Morgan fingerprint density at radius 3 is 2.94 bits per heavy atom. The molecular formula is C10H10ClN3O4. The zero-order valence-corrected chi connectivity index (χ0v) is 10.0. The predicted molar refractivity (Wildman–Crippen MR) is 62.4 cm³/mol. The molecule has 96 valence electrons. The standard InChI is InChI=1S/C10H10ClN3O4/c11-9-8(3-6(4-12-9)14(17)18)10(16)13-2-1-7(15)5-13/h3-4,7,15H,1-2,5H2. The maximum Gasteiger partial charge on any atom is 0.288 e. The molecule has 0 aliphatic carbocycles. The van der Waals surface area contributed by atoms with Gasteiger partial charge in [0.1, 0.15) is 11.3 Å². The van der Waals surface area contributed by atoms with E-state index in [0.717, 1.165) is 12.3 Å². The van der Waals surface area contributed by atoms with Crippen molar-refractivity contribution in [2.75, 3.05) is 13.1 Å². The zero-order chi connectivity index (χ0) is 13.3. The SMILES string of the molecule is O=C(c1cc([N+](=O)[O-])cnc1Cl)N1CCC(O)C1. The topological polar surface area (TPSA) is 96.6 Å². The maximum absolute atomic E-state index is 12.1. The molecule has 1 aromatic rings. The third-order valence-corrected chi connectivity index (χ3v) is 3.02. The number of nitro groups is 1. The summed E-state index contributed by atoms with van der Waals surface area (Å²) in [4.78, 5) is 27.1. The summed E-state index contributed by atoms with van der Waals surface area (Å²) >= 11 is 5.77. The van der Waals surface area contributed by atoms with Crippen LogP contribution in [0.1, 0.15) is 16.8 Å². The lowest BCUT2D eigenvalue weighted by molar-refractivity contribution is -0.385. The van der Waals surface area contributed by atoms with Gasteiger partial charge in [-0.1, -0.05) is 11.6 Å². The van der Waals surface area contributed by atoms with Crippen LogP contribution in [-0.4, -0.2) is 45.0 Å². The molecule has 1 unspecified atom stereocenters.